The highest BCUT2D eigenvalue weighted by Crippen LogP contribution is 2.35. The fourth-order valence-corrected chi connectivity index (χ4v) is 5.90. The van der Waals surface area contributed by atoms with Gasteiger partial charge in [-0.3, -0.25) is 0 Å². The maximum absolute atomic E-state index is 6.40. The lowest BCUT2D eigenvalue weighted by atomic mass is 9.98. The normalized spacial score (nSPS) is 11.7. The Kier molecular flexibility index (Phi) is 6.04. The first-order valence-corrected chi connectivity index (χ1v) is 12.1. The smallest absolute Gasteiger partial charge is 0.448 e. The predicted octanol–water partition coefficient (Wildman–Crippen LogP) is 3.98. The molecule has 0 aliphatic carbocycles. The summed E-state index contributed by atoms with van der Waals surface area (Å²) >= 11 is 0. The lowest BCUT2D eigenvalue weighted by Gasteiger charge is -2.18. The fourth-order valence-electron chi connectivity index (χ4n) is 3.41. The van der Waals surface area contributed by atoms with Crippen LogP contribution >= 0.6 is 0 Å². The third-order valence-corrected chi connectivity index (χ3v) is 7.82. The molecule has 0 amide bonds. The van der Waals surface area contributed by atoms with Crippen molar-refractivity contribution in [2.45, 2.75) is 12.1 Å². The second kappa shape index (κ2) is 8.85. The minimum absolute atomic E-state index is 0.359. The Balaban J connectivity index is 1.80. The third kappa shape index (κ3) is 3.96. The summed E-state index contributed by atoms with van der Waals surface area (Å²) in [5.41, 5.74) is 11.4. The zero-order valence-electron chi connectivity index (χ0n) is 15.7. The predicted molar refractivity (Wildman–Crippen MR) is 120 cm³/mol. The van der Waals surface area contributed by atoms with E-state index < -0.39 is 9.28 Å². The van der Waals surface area contributed by atoms with Crippen molar-refractivity contribution in [3.05, 3.63) is 66.7 Å². The Labute approximate surface area is 169 Å². The van der Waals surface area contributed by atoms with Crippen LogP contribution < -0.4 is 15.9 Å². The fraction of sp³-hybridized carbons (Fsp3) is 0.182. The molecule has 0 unspecified atom stereocenters. The molecule has 4 nitrogen and oxygen atoms in total. The van der Waals surface area contributed by atoms with Gasteiger partial charge in [-0.05, 0) is 64.3 Å². The number of benzene rings is 4. The van der Waals surface area contributed by atoms with E-state index >= 15 is 0 Å². The summed E-state index contributed by atoms with van der Waals surface area (Å²) < 4.78 is 12.4. The van der Waals surface area contributed by atoms with Crippen LogP contribution in [0.25, 0.3) is 32.3 Å². The minimum atomic E-state index is -1.49. The highest BCUT2D eigenvalue weighted by molar-refractivity contribution is 6.54. The van der Waals surface area contributed by atoms with E-state index in [1.807, 2.05) is 12.1 Å². The Bertz CT molecular complexity index is 1100. The van der Waals surface area contributed by atoms with Gasteiger partial charge in [0.25, 0.3) is 0 Å². The molecule has 0 heterocycles. The summed E-state index contributed by atoms with van der Waals surface area (Å²) in [4.78, 5) is 0. The summed E-state index contributed by atoms with van der Waals surface area (Å²) in [5.74, 6) is 0.873. The van der Waals surface area contributed by atoms with Gasteiger partial charge in [0, 0.05) is 11.4 Å². The SMILES string of the molecule is NCC[Si]O[Si](CCN)Oc1cccc2ccc3cc4ccccc4cc3c12. The van der Waals surface area contributed by atoms with Gasteiger partial charge in [0.05, 0.1) is 0 Å². The molecule has 28 heavy (non-hydrogen) atoms. The number of rotatable bonds is 8. The van der Waals surface area contributed by atoms with Crippen LogP contribution in [0, 0.1) is 0 Å². The molecule has 0 saturated carbocycles. The Morgan fingerprint density at radius 1 is 0.786 bits per heavy atom. The Morgan fingerprint density at radius 3 is 2.32 bits per heavy atom. The lowest BCUT2D eigenvalue weighted by molar-refractivity contribution is 0.437. The van der Waals surface area contributed by atoms with Gasteiger partial charge in [0.1, 0.15) is 5.75 Å². The summed E-state index contributed by atoms with van der Waals surface area (Å²) in [6.07, 6.45) is 0. The molecule has 4 aromatic rings. The molecule has 4 N–H and O–H groups in total. The van der Waals surface area contributed by atoms with E-state index in [-0.39, 0.29) is 0 Å². The first-order valence-electron chi connectivity index (χ1n) is 9.48. The molecular weight excluding hydrogens is 380 g/mol. The average Bonchev–Trinajstić information content (AvgIpc) is 2.72. The van der Waals surface area contributed by atoms with E-state index in [1.165, 1.54) is 26.9 Å². The van der Waals surface area contributed by atoms with Crippen molar-refractivity contribution in [3.63, 3.8) is 0 Å². The van der Waals surface area contributed by atoms with Crippen LogP contribution in [0.5, 0.6) is 5.75 Å². The first-order chi connectivity index (χ1) is 13.8. The van der Waals surface area contributed by atoms with Gasteiger partial charge in [-0.25, -0.2) is 0 Å². The number of hydrogen-bond acceptors (Lipinski definition) is 4. The van der Waals surface area contributed by atoms with Crippen LogP contribution in [0.2, 0.25) is 12.1 Å². The topological polar surface area (TPSA) is 70.5 Å². The van der Waals surface area contributed by atoms with Gasteiger partial charge >= 0.3 is 9.28 Å². The van der Waals surface area contributed by atoms with Crippen molar-refractivity contribution in [2.24, 2.45) is 11.5 Å². The van der Waals surface area contributed by atoms with Gasteiger partial charge < -0.3 is 20.0 Å². The summed E-state index contributed by atoms with van der Waals surface area (Å²) in [5, 5.41) is 7.18. The van der Waals surface area contributed by atoms with Gasteiger partial charge in [-0.1, -0.05) is 48.5 Å². The second-order valence-corrected chi connectivity index (χ2v) is 9.69. The largest absolute Gasteiger partial charge is 0.519 e. The van der Waals surface area contributed by atoms with E-state index in [9.17, 15) is 0 Å². The highest BCUT2D eigenvalue weighted by Gasteiger charge is 2.19. The van der Waals surface area contributed by atoms with Crippen LogP contribution in [0.4, 0.5) is 0 Å². The third-order valence-electron chi connectivity index (χ3n) is 4.69. The molecule has 6 heteroatoms. The quantitative estimate of drug-likeness (QED) is 0.202. The molecule has 0 atom stereocenters. The van der Waals surface area contributed by atoms with Gasteiger partial charge in [-0.2, -0.15) is 0 Å². The molecule has 0 aromatic heterocycles. The van der Waals surface area contributed by atoms with E-state index in [0.717, 1.165) is 23.2 Å². The van der Waals surface area contributed by atoms with Gasteiger partial charge in [0.15, 0.2) is 0 Å². The average molecular weight is 404 g/mol. The maximum atomic E-state index is 6.40. The zero-order valence-corrected chi connectivity index (χ0v) is 17.7. The van der Waals surface area contributed by atoms with Crippen molar-refractivity contribution in [3.8, 4) is 5.75 Å². The van der Waals surface area contributed by atoms with Crippen molar-refractivity contribution < 1.29 is 8.54 Å². The van der Waals surface area contributed by atoms with Crippen molar-refractivity contribution in [1.82, 2.24) is 0 Å². The van der Waals surface area contributed by atoms with E-state index in [4.69, 9.17) is 20.0 Å². The maximum Gasteiger partial charge on any atom is 0.448 e. The molecule has 141 valence electrons. The molecule has 0 bridgehead atoms. The lowest BCUT2D eigenvalue weighted by Crippen LogP contribution is -2.31. The van der Waals surface area contributed by atoms with Gasteiger partial charge in [0.2, 0.25) is 9.76 Å². The van der Waals surface area contributed by atoms with E-state index in [1.54, 1.807) is 0 Å². The summed E-state index contributed by atoms with van der Waals surface area (Å²) in [7, 11) is -1.13. The Hall–Kier alpha value is -2.23. The molecule has 0 fully saturated rings. The molecule has 3 radical (unpaired) electrons. The summed E-state index contributed by atoms with van der Waals surface area (Å²) in [6, 6.07) is 25.1. The van der Waals surface area contributed by atoms with Crippen LogP contribution in [0.1, 0.15) is 0 Å². The molecule has 4 rings (SSSR count). The van der Waals surface area contributed by atoms with Crippen LogP contribution in [0.15, 0.2) is 66.7 Å². The van der Waals surface area contributed by atoms with Gasteiger partial charge in [-0.15, -0.1) is 0 Å². The van der Waals surface area contributed by atoms with Crippen molar-refractivity contribution >= 4 is 51.4 Å². The molecule has 4 aromatic carbocycles. The van der Waals surface area contributed by atoms with E-state index in [2.05, 4.69) is 54.6 Å². The van der Waals surface area contributed by atoms with Crippen molar-refractivity contribution in [1.29, 1.82) is 0 Å². The van der Waals surface area contributed by atoms with Crippen molar-refractivity contribution in [2.75, 3.05) is 13.1 Å². The number of hydrogen-bond donors (Lipinski definition) is 2. The molecule has 0 saturated heterocycles. The molecule has 0 spiro atoms. The number of nitrogens with two attached hydrogens (primary N) is 2. The van der Waals surface area contributed by atoms with Crippen LogP contribution in [-0.4, -0.2) is 32.1 Å². The minimum Gasteiger partial charge on any atom is -0.519 e. The number of fused-ring (bicyclic) bond motifs is 4. The highest BCUT2D eigenvalue weighted by atomic mass is 28.4. The van der Waals surface area contributed by atoms with Crippen LogP contribution in [0.3, 0.4) is 0 Å². The van der Waals surface area contributed by atoms with E-state index in [0.29, 0.717) is 22.9 Å². The molecular formula is C22H23N2O2Si2. The first kappa shape index (κ1) is 19.1. The Morgan fingerprint density at radius 2 is 1.54 bits per heavy atom. The zero-order chi connectivity index (χ0) is 19.3. The standard InChI is InChI=1S/C22H23N2O2Si2/c23-10-12-27-26-28(13-11-24)25-21-7-3-6-16-8-9-19-14-17-4-1-2-5-18(17)15-20(19)22(16)21/h1-9,14-15H,10-13,23-24H2. The van der Waals surface area contributed by atoms with Crippen LogP contribution in [-0.2, 0) is 4.12 Å². The molecule has 0 aliphatic heterocycles. The monoisotopic (exact) mass is 403 g/mol. The summed E-state index contributed by atoms with van der Waals surface area (Å²) in [6.45, 7) is 1.18. The molecule has 0 aliphatic rings. The second-order valence-electron chi connectivity index (χ2n) is 6.64.